The molecule has 0 bridgehead atoms. The molecule has 3 heterocycles. The molecule has 1 aliphatic heterocycles. The zero-order valence-corrected chi connectivity index (χ0v) is 14.8. The average Bonchev–Trinajstić information content (AvgIpc) is 3.15. The van der Waals surface area contributed by atoms with E-state index in [4.69, 9.17) is 4.74 Å². The van der Waals surface area contributed by atoms with Gasteiger partial charge in [-0.05, 0) is 37.8 Å². The predicted octanol–water partition coefficient (Wildman–Crippen LogP) is 3.32. The molecule has 0 aromatic carbocycles. The Hall–Kier alpha value is -1.17. The molecule has 1 fully saturated rings. The number of aryl methyl sites for hydroxylation is 2. The predicted molar refractivity (Wildman–Crippen MR) is 92.7 cm³/mol. The van der Waals surface area contributed by atoms with Gasteiger partial charge in [0.15, 0.2) is 0 Å². The van der Waals surface area contributed by atoms with Crippen LogP contribution < -0.4 is 0 Å². The third kappa shape index (κ3) is 3.52. The lowest BCUT2D eigenvalue weighted by molar-refractivity contribution is 0.0887. The summed E-state index contributed by atoms with van der Waals surface area (Å²) in [4.78, 5) is 5.38. The number of rotatable bonds is 6. The van der Waals surface area contributed by atoms with Gasteiger partial charge in [0, 0.05) is 54.5 Å². The highest BCUT2D eigenvalue weighted by molar-refractivity contribution is 7.11. The van der Waals surface area contributed by atoms with Crippen LogP contribution in [0.1, 0.15) is 39.8 Å². The Kier molecular flexibility index (Phi) is 4.26. The van der Waals surface area contributed by atoms with E-state index in [2.05, 4.69) is 36.1 Å². The minimum absolute atomic E-state index is 0.451. The van der Waals surface area contributed by atoms with Gasteiger partial charge < -0.3 is 4.74 Å². The number of thiophene rings is 1. The molecule has 2 aromatic rings. The molecule has 1 unspecified atom stereocenters. The van der Waals surface area contributed by atoms with E-state index >= 15 is 0 Å². The van der Waals surface area contributed by atoms with Crippen LogP contribution in [-0.4, -0.2) is 34.4 Å². The van der Waals surface area contributed by atoms with Gasteiger partial charge in [-0.15, -0.1) is 11.3 Å². The monoisotopic (exact) mass is 331 g/mol. The van der Waals surface area contributed by atoms with Crippen LogP contribution in [0.15, 0.2) is 18.3 Å². The van der Waals surface area contributed by atoms with E-state index in [1.165, 1.54) is 33.9 Å². The van der Waals surface area contributed by atoms with E-state index < -0.39 is 0 Å². The number of hydrogen-bond donors (Lipinski definition) is 0. The summed E-state index contributed by atoms with van der Waals surface area (Å²) in [5.41, 5.74) is 2.74. The van der Waals surface area contributed by atoms with Crippen molar-refractivity contribution in [2.45, 2.75) is 38.8 Å². The van der Waals surface area contributed by atoms with Crippen LogP contribution in [0, 0.1) is 12.8 Å². The third-order valence-corrected chi connectivity index (χ3v) is 5.92. The van der Waals surface area contributed by atoms with Crippen LogP contribution in [0.4, 0.5) is 0 Å². The van der Waals surface area contributed by atoms with Crippen LogP contribution in [0.5, 0.6) is 0 Å². The van der Waals surface area contributed by atoms with Crippen molar-refractivity contribution < 1.29 is 4.74 Å². The molecule has 23 heavy (non-hydrogen) atoms. The van der Waals surface area contributed by atoms with Gasteiger partial charge in [0.05, 0.1) is 18.5 Å². The number of aromatic nitrogens is 2. The maximum Gasteiger partial charge on any atom is 0.0557 e. The lowest BCUT2D eigenvalue weighted by Gasteiger charge is -2.32. The van der Waals surface area contributed by atoms with Gasteiger partial charge in [0.2, 0.25) is 0 Å². The van der Waals surface area contributed by atoms with E-state index in [0.29, 0.717) is 5.92 Å². The molecule has 0 spiro atoms. The fourth-order valence-corrected chi connectivity index (χ4v) is 4.35. The quantitative estimate of drug-likeness (QED) is 0.813. The first-order valence-electron chi connectivity index (χ1n) is 8.55. The summed E-state index contributed by atoms with van der Waals surface area (Å²) >= 11 is 1.90. The summed E-state index contributed by atoms with van der Waals surface area (Å²) in [5.74, 6) is 1.28. The highest BCUT2D eigenvalue weighted by atomic mass is 32.1. The molecular weight excluding hydrogens is 306 g/mol. The molecule has 0 amide bonds. The zero-order valence-electron chi connectivity index (χ0n) is 14.0. The van der Waals surface area contributed by atoms with Crippen molar-refractivity contribution in [1.82, 2.24) is 14.7 Å². The molecule has 1 aliphatic carbocycles. The van der Waals surface area contributed by atoms with Gasteiger partial charge in [0.25, 0.3) is 0 Å². The maximum absolute atomic E-state index is 6.00. The molecule has 0 saturated heterocycles. The number of ether oxygens (including phenoxy) is 1. The Morgan fingerprint density at radius 3 is 2.91 bits per heavy atom. The second kappa shape index (κ2) is 6.38. The van der Waals surface area contributed by atoms with E-state index in [9.17, 15) is 0 Å². The summed E-state index contributed by atoms with van der Waals surface area (Å²) in [6, 6.07) is 4.48. The van der Waals surface area contributed by atoms with E-state index in [1.807, 2.05) is 22.2 Å². The maximum atomic E-state index is 6.00. The second-order valence-corrected chi connectivity index (χ2v) is 8.40. The minimum Gasteiger partial charge on any atom is -0.380 e. The highest BCUT2D eigenvalue weighted by Crippen LogP contribution is 2.32. The first-order valence-corrected chi connectivity index (χ1v) is 9.37. The van der Waals surface area contributed by atoms with E-state index in [0.717, 1.165) is 38.8 Å². The minimum atomic E-state index is 0.451. The topological polar surface area (TPSA) is 30.3 Å². The van der Waals surface area contributed by atoms with Crippen molar-refractivity contribution in [2.75, 3.05) is 19.8 Å². The Morgan fingerprint density at radius 2 is 2.17 bits per heavy atom. The normalized spacial score (nSPS) is 21.6. The van der Waals surface area contributed by atoms with Crippen LogP contribution >= 0.6 is 11.3 Å². The summed E-state index contributed by atoms with van der Waals surface area (Å²) in [6.45, 7) is 7.04. The molecule has 4 rings (SSSR count). The fraction of sp³-hybridized carbons (Fsp3) is 0.611. The van der Waals surface area contributed by atoms with Crippen molar-refractivity contribution in [3.8, 4) is 0 Å². The standard InChI is InChI=1S/C18H25N3OS/c1-13-3-6-16(23-13)9-21-8-15(12-22-11-14-4-5-14)17-7-19-20(2)18(17)10-21/h3,6-7,14-15H,4-5,8-12H2,1-2H3. The van der Waals surface area contributed by atoms with Crippen LogP contribution in [0.25, 0.3) is 0 Å². The van der Waals surface area contributed by atoms with Crippen molar-refractivity contribution in [1.29, 1.82) is 0 Å². The van der Waals surface area contributed by atoms with Crippen molar-refractivity contribution in [3.05, 3.63) is 39.3 Å². The second-order valence-electron chi connectivity index (χ2n) is 7.03. The number of hydrogen-bond acceptors (Lipinski definition) is 4. The van der Waals surface area contributed by atoms with Crippen LogP contribution in [0.3, 0.4) is 0 Å². The Morgan fingerprint density at radius 1 is 1.30 bits per heavy atom. The molecule has 5 heteroatoms. The van der Waals surface area contributed by atoms with Gasteiger partial charge in [-0.25, -0.2) is 0 Å². The largest absolute Gasteiger partial charge is 0.380 e. The summed E-state index contributed by atoms with van der Waals surface area (Å²) in [7, 11) is 2.06. The summed E-state index contributed by atoms with van der Waals surface area (Å²) < 4.78 is 8.04. The Labute approximate surface area is 142 Å². The van der Waals surface area contributed by atoms with Gasteiger partial charge in [-0.2, -0.15) is 5.10 Å². The molecule has 1 atom stereocenters. The number of nitrogens with zero attached hydrogens (tertiary/aromatic N) is 3. The molecular formula is C18H25N3OS. The molecule has 2 aliphatic rings. The first-order chi connectivity index (χ1) is 11.2. The van der Waals surface area contributed by atoms with Gasteiger partial charge in [-0.1, -0.05) is 0 Å². The van der Waals surface area contributed by atoms with Gasteiger partial charge in [-0.3, -0.25) is 9.58 Å². The molecule has 0 N–H and O–H groups in total. The van der Waals surface area contributed by atoms with E-state index in [1.54, 1.807) is 0 Å². The first kappa shape index (κ1) is 15.4. The third-order valence-electron chi connectivity index (χ3n) is 4.93. The fourth-order valence-electron chi connectivity index (χ4n) is 3.42. The van der Waals surface area contributed by atoms with Gasteiger partial charge >= 0.3 is 0 Å². The lowest BCUT2D eigenvalue weighted by atomic mass is 9.95. The van der Waals surface area contributed by atoms with Crippen molar-refractivity contribution in [3.63, 3.8) is 0 Å². The molecule has 4 nitrogen and oxygen atoms in total. The Balaban J connectivity index is 1.46. The van der Waals surface area contributed by atoms with Crippen molar-refractivity contribution in [2.24, 2.45) is 13.0 Å². The van der Waals surface area contributed by atoms with Crippen molar-refractivity contribution >= 4 is 11.3 Å². The smallest absolute Gasteiger partial charge is 0.0557 e. The molecule has 2 aromatic heterocycles. The van der Waals surface area contributed by atoms with Gasteiger partial charge in [0.1, 0.15) is 0 Å². The van der Waals surface area contributed by atoms with Crippen LogP contribution in [-0.2, 0) is 24.9 Å². The average molecular weight is 331 g/mol. The summed E-state index contributed by atoms with van der Waals surface area (Å²) in [5, 5.41) is 4.49. The molecule has 1 saturated carbocycles. The zero-order chi connectivity index (χ0) is 15.8. The Bertz CT molecular complexity index is 674. The lowest BCUT2D eigenvalue weighted by Crippen LogP contribution is -2.35. The SMILES string of the molecule is Cc1ccc(CN2Cc3c(cnn3C)C(COCC3CC3)C2)s1. The van der Waals surface area contributed by atoms with E-state index in [-0.39, 0.29) is 0 Å². The molecule has 124 valence electrons. The van der Waals surface area contributed by atoms with Crippen LogP contribution in [0.2, 0.25) is 0 Å². The summed E-state index contributed by atoms with van der Waals surface area (Å²) in [6.07, 6.45) is 4.76. The number of fused-ring (bicyclic) bond motifs is 1. The highest BCUT2D eigenvalue weighted by Gasteiger charge is 2.29. The molecule has 0 radical (unpaired) electrons.